The third-order valence-corrected chi connectivity index (χ3v) is 5.68. The van der Waals surface area contributed by atoms with Gasteiger partial charge in [-0.25, -0.2) is 0 Å². The Hall–Kier alpha value is -4.18. The highest BCUT2D eigenvalue weighted by atomic mass is 16.1. The molecule has 0 aliphatic carbocycles. The Kier molecular flexibility index (Phi) is 5.26. The van der Waals surface area contributed by atoms with Gasteiger partial charge in [-0.05, 0) is 52.4 Å². The van der Waals surface area contributed by atoms with Crippen LogP contribution in [0.4, 0.5) is 5.82 Å². The summed E-state index contributed by atoms with van der Waals surface area (Å²) in [6, 6.07) is 32.8. The number of fused-ring (bicyclic) bond motifs is 1. The number of hydrogen-bond acceptors (Lipinski definition) is 2. The van der Waals surface area contributed by atoms with Crippen molar-refractivity contribution in [2.45, 2.75) is 13.3 Å². The van der Waals surface area contributed by atoms with Crippen LogP contribution in [0.25, 0.3) is 33.2 Å². The first-order valence-electron chi connectivity index (χ1n) is 10.7. The van der Waals surface area contributed by atoms with E-state index >= 15 is 0 Å². The molecule has 0 bridgehead atoms. The molecule has 2 N–H and O–H groups in total. The maximum atomic E-state index is 12.6. The number of aryl methyl sites for hydroxylation is 1. The van der Waals surface area contributed by atoms with Crippen LogP contribution in [0, 0.1) is 6.92 Å². The molecular weight excluding hydrogens is 394 g/mol. The van der Waals surface area contributed by atoms with Crippen molar-refractivity contribution in [3.05, 3.63) is 108 Å². The zero-order chi connectivity index (χ0) is 21.9. The highest BCUT2D eigenvalue weighted by Gasteiger charge is 2.13. The lowest BCUT2D eigenvalue weighted by atomic mass is 9.96. The molecule has 0 atom stereocenters. The Morgan fingerprint density at radius 2 is 1.44 bits per heavy atom. The van der Waals surface area contributed by atoms with Gasteiger partial charge in [-0.15, -0.1) is 0 Å². The summed E-state index contributed by atoms with van der Waals surface area (Å²) in [5.74, 6) is 0.474. The minimum Gasteiger partial charge on any atom is -0.308 e. The van der Waals surface area contributed by atoms with Gasteiger partial charge in [0, 0.05) is 5.39 Å². The number of hydrogen-bond donors (Lipinski definition) is 2. The number of aromatic amines is 1. The van der Waals surface area contributed by atoms with Crippen LogP contribution in [0.1, 0.15) is 11.1 Å². The standard InChI is InChI=1S/C28H23N3O/c1-19-16-26-25(28(31-30-26)29-27(32)17-20-8-4-2-5-9-20)18-24(19)23-14-12-22(13-15-23)21-10-6-3-7-11-21/h2-16,18H,17H2,1H3,(H2,29,30,31,32). The van der Waals surface area contributed by atoms with E-state index in [0.29, 0.717) is 12.2 Å². The molecule has 0 fully saturated rings. The smallest absolute Gasteiger partial charge is 0.230 e. The summed E-state index contributed by atoms with van der Waals surface area (Å²) in [6.07, 6.45) is 0.314. The van der Waals surface area contributed by atoms with Gasteiger partial charge in [-0.3, -0.25) is 9.89 Å². The van der Waals surface area contributed by atoms with Gasteiger partial charge in [0.25, 0.3) is 0 Å². The summed E-state index contributed by atoms with van der Waals surface area (Å²) in [5, 5.41) is 11.3. The summed E-state index contributed by atoms with van der Waals surface area (Å²) in [5.41, 5.74) is 7.66. The van der Waals surface area contributed by atoms with Crippen LogP contribution in [0.5, 0.6) is 0 Å². The summed E-state index contributed by atoms with van der Waals surface area (Å²) >= 11 is 0. The molecule has 0 radical (unpaired) electrons. The largest absolute Gasteiger partial charge is 0.308 e. The lowest BCUT2D eigenvalue weighted by molar-refractivity contribution is -0.115. The molecule has 32 heavy (non-hydrogen) atoms. The van der Waals surface area contributed by atoms with Crippen LogP contribution < -0.4 is 5.32 Å². The van der Waals surface area contributed by atoms with Crippen molar-refractivity contribution in [1.29, 1.82) is 0 Å². The number of aromatic nitrogens is 2. The van der Waals surface area contributed by atoms with E-state index in [2.05, 4.69) is 71.0 Å². The van der Waals surface area contributed by atoms with Gasteiger partial charge in [0.1, 0.15) is 0 Å². The maximum absolute atomic E-state index is 12.6. The lowest BCUT2D eigenvalue weighted by Crippen LogP contribution is -2.14. The summed E-state index contributed by atoms with van der Waals surface area (Å²) in [4.78, 5) is 12.6. The number of nitrogens with one attached hydrogen (secondary N) is 2. The van der Waals surface area contributed by atoms with Crippen LogP contribution in [0.3, 0.4) is 0 Å². The lowest BCUT2D eigenvalue weighted by Gasteiger charge is -2.09. The quantitative estimate of drug-likeness (QED) is 0.348. The molecule has 4 nitrogen and oxygen atoms in total. The molecule has 1 heterocycles. The second kappa shape index (κ2) is 8.52. The first-order chi connectivity index (χ1) is 15.7. The van der Waals surface area contributed by atoms with Gasteiger partial charge in [-0.2, -0.15) is 5.10 Å². The summed E-state index contributed by atoms with van der Waals surface area (Å²) in [7, 11) is 0. The van der Waals surface area contributed by atoms with E-state index in [0.717, 1.165) is 33.2 Å². The SMILES string of the molecule is Cc1cc2[nH]nc(NC(=O)Cc3ccccc3)c2cc1-c1ccc(-c2ccccc2)cc1. The number of amides is 1. The molecule has 0 saturated heterocycles. The Labute approximate surface area is 186 Å². The minimum absolute atomic E-state index is 0.0843. The molecule has 5 aromatic rings. The van der Waals surface area contributed by atoms with Gasteiger partial charge < -0.3 is 5.32 Å². The van der Waals surface area contributed by atoms with Gasteiger partial charge in [-0.1, -0.05) is 84.9 Å². The topological polar surface area (TPSA) is 57.8 Å². The molecule has 5 rings (SSSR count). The van der Waals surface area contributed by atoms with Crippen LogP contribution >= 0.6 is 0 Å². The molecule has 1 aromatic heterocycles. The summed E-state index contributed by atoms with van der Waals surface area (Å²) in [6.45, 7) is 2.09. The highest BCUT2D eigenvalue weighted by Crippen LogP contribution is 2.32. The van der Waals surface area contributed by atoms with E-state index in [1.165, 1.54) is 11.1 Å². The molecule has 0 unspecified atom stereocenters. The number of rotatable bonds is 5. The number of anilines is 1. The van der Waals surface area contributed by atoms with Crippen molar-refractivity contribution < 1.29 is 4.79 Å². The van der Waals surface area contributed by atoms with E-state index in [-0.39, 0.29) is 5.91 Å². The fourth-order valence-corrected chi connectivity index (χ4v) is 4.01. The second-order valence-electron chi connectivity index (χ2n) is 7.94. The molecule has 156 valence electrons. The first kappa shape index (κ1) is 19.8. The fraction of sp³-hybridized carbons (Fsp3) is 0.0714. The zero-order valence-electron chi connectivity index (χ0n) is 17.8. The van der Waals surface area contributed by atoms with Crippen LogP contribution in [0.2, 0.25) is 0 Å². The average molecular weight is 418 g/mol. The fourth-order valence-electron chi connectivity index (χ4n) is 4.01. The maximum Gasteiger partial charge on any atom is 0.230 e. The van der Waals surface area contributed by atoms with Crippen molar-refractivity contribution >= 4 is 22.6 Å². The van der Waals surface area contributed by atoms with Gasteiger partial charge in [0.15, 0.2) is 5.82 Å². The van der Waals surface area contributed by atoms with E-state index in [4.69, 9.17) is 0 Å². The third-order valence-electron chi connectivity index (χ3n) is 5.68. The molecule has 4 heteroatoms. The molecule has 0 aliphatic rings. The van der Waals surface area contributed by atoms with Crippen molar-refractivity contribution in [2.75, 3.05) is 5.32 Å². The average Bonchev–Trinajstić information content (AvgIpc) is 3.21. The van der Waals surface area contributed by atoms with Crippen LogP contribution in [-0.4, -0.2) is 16.1 Å². The van der Waals surface area contributed by atoms with Crippen LogP contribution in [0.15, 0.2) is 97.1 Å². The van der Waals surface area contributed by atoms with E-state index < -0.39 is 0 Å². The van der Waals surface area contributed by atoms with Gasteiger partial charge in [0.2, 0.25) is 5.91 Å². The summed E-state index contributed by atoms with van der Waals surface area (Å²) < 4.78 is 0. The molecule has 4 aromatic carbocycles. The Morgan fingerprint density at radius 1 is 0.812 bits per heavy atom. The predicted molar refractivity (Wildman–Crippen MR) is 130 cm³/mol. The molecule has 1 amide bonds. The zero-order valence-corrected chi connectivity index (χ0v) is 17.8. The van der Waals surface area contributed by atoms with Crippen molar-refractivity contribution in [3.8, 4) is 22.3 Å². The van der Waals surface area contributed by atoms with Gasteiger partial charge in [0.05, 0.1) is 11.9 Å². The Balaban J connectivity index is 1.43. The highest BCUT2D eigenvalue weighted by molar-refractivity contribution is 6.02. The van der Waals surface area contributed by atoms with Crippen molar-refractivity contribution in [1.82, 2.24) is 10.2 Å². The molecule has 0 spiro atoms. The first-order valence-corrected chi connectivity index (χ1v) is 10.7. The van der Waals surface area contributed by atoms with E-state index in [1.807, 2.05) is 48.5 Å². The molecular formula is C28H23N3O. The monoisotopic (exact) mass is 417 g/mol. The Bertz CT molecular complexity index is 1370. The Morgan fingerprint density at radius 3 is 2.16 bits per heavy atom. The normalized spacial score (nSPS) is 10.9. The van der Waals surface area contributed by atoms with E-state index in [1.54, 1.807) is 0 Å². The van der Waals surface area contributed by atoms with Crippen molar-refractivity contribution in [3.63, 3.8) is 0 Å². The third kappa shape index (κ3) is 4.03. The van der Waals surface area contributed by atoms with Crippen molar-refractivity contribution in [2.24, 2.45) is 0 Å². The van der Waals surface area contributed by atoms with Crippen LogP contribution in [-0.2, 0) is 11.2 Å². The van der Waals surface area contributed by atoms with Gasteiger partial charge >= 0.3 is 0 Å². The predicted octanol–water partition coefficient (Wildman–Crippen LogP) is 6.39. The number of nitrogens with zero attached hydrogens (tertiary/aromatic N) is 1. The molecule has 0 aliphatic heterocycles. The number of carbonyl (C=O) groups excluding carboxylic acids is 1. The number of benzene rings is 4. The van der Waals surface area contributed by atoms with E-state index in [9.17, 15) is 4.79 Å². The molecule has 0 saturated carbocycles. The second-order valence-corrected chi connectivity index (χ2v) is 7.94. The minimum atomic E-state index is -0.0843. The number of carbonyl (C=O) groups is 1. The number of H-pyrrole nitrogens is 1.